The van der Waals surface area contributed by atoms with Gasteiger partial charge in [0.1, 0.15) is 25.1 Å². The van der Waals surface area contributed by atoms with Crippen molar-refractivity contribution >= 4 is 5.97 Å². The predicted octanol–water partition coefficient (Wildman–Crippen LogP) is 1.92. The number of hydrogen-bond acceptors (Lipinski definition) is 5. The molecule has 102 valence electrons. The van der Waals surface area contributed by atoms with Crippen molar-refractivity contribution in [2.45, 2.75) is 6.92 Å². The molecule has 1 N–H and O–H groups in total. The molecule has 0 unspecified atom stereocenters. The van der Waals surface area contributed by atoms with Crippen molar-refractivity contribution in [1.29, 1.82) is 0 Å². The highest BCUT2D eigenvalue weighted by atomic mass is 16.6. The third-order valence-electron chi connectivity index (χ3n) is 3.07. The summed E-state index contributed by atoms with van der Waals surface area (Å²) in [6, 6.07) is 5.26. The lowest BCUT2D eigenvalue weighted by molar-refractivity contribution is 0.0696. The van der Waals surface area contributed by atoms with Crippen molar-refractivity contribution in [3.8, 4) is 22.8 Å². The van der Waals surface area contributed by atoms with Gasteiger partial charge < -0.3 is 14.6 Å². The molecule has 1 aromatic carbocycles. The Hall–Kier alpha value is -2.63. The number of carboxylic acid groups (broad SMARTS) is 1. The van der Waals surface area contributed by atoms with Crippen LogP contribution in [0, 0.1) is 6.92 Å². The smallest absolute Gasteiger partial charge is 0.339 e. The molecule has 1 aromatic heterocycles. The Bertz CT molecular complexity index is 685. The second kappa shape index (κ2) is 4.80. The maximum Gasteiger partial charge on any atom is 0.339 e. The number of benzene rings is 1. The van der Waals surface area contributed by atoms with Gasteiger partial charge in [0.15, 0.2) is 11.5 Å². The zero-order valence-corrected chi connectivity index (χ0v) is 10.8. The Morgan fingerprint density at radius 3 is 2.70 bits per heavy atom. The molecule has 1 aliphatic heterocycles. The first-order valence-electron chi connectivity index (χ1n) is 6.11. The van der Waals surface area contributed by atoms with Crippen LogP contribution in [0.3, 0.4) is 0 Å². The largest absolute Gasteiger partial charge is 0.486 e. The summed E-state index contributed by atoms with van der Waals surface area (Å²) in [6.07, 6.45) is 1.36. The highest BCUT2D eigenvalue weighted by Gasteiger charge is 2.19. The minimum Gasteiger partial charge on any atom is -0.486 e. The first-order valence-corrected chi connectivity index (χ1v) is 6.11. The van der Waals surface area contributed by atoms with Crippen molar-refractivity contribution in [2.24, 2.45) is 0 Å². The van der Waals surface area contributed by atoms with E-state index in [4.69, 9.17) is 9.47 Å². The van der Waals surface area contributed by atoms with Crippen LogP contribution in [-0.2, 0) is 0 Å². The zero-order valence-electron chi connectivity index (χ0n) is 10.8. The topological polar surface area (TPSA) is 81.5 Å². The number of aromatic nitrogens is 2. The van der Waals surface area contributed by atoms with E-state index in [1.807, 2.05) is 0 Å². The maximum atomic E-state index is 11.4. The number of hydrogen-bond donors (Lipinski definition) is 1. The lowest BCUT2D eigenvalue weighted by Crippen LogP contribution is -2.15. The first kappa shape index (κ1) is 12.4. The van der Waals surface area contributed by atoms with Gasteiger partial charge >= 0.3 is 5.97 Å². The average molecular weight is 272 g/mol. The summed E-state index contributed by atoms with van der Waals surface area (Å²) in [5, 5.41) is 9.31. The average Bonchev–Trinajstić information content (AvgIpc) is 2.46. The molecule has 6 heteroatoms. The Kier molecular flexibility index (Phi) is 2.98. The Morgan fingerprint density at radius 1 is 1.20 bits per heavy atom. The molecule has 0 spiro atoms. The minimum absolute atomic E-state index is 0.101. The SMILES string of the molecule is Cc1ncnc(-c2ccc3c(c2)OCCO3)c1C(=O)O. The van der Waals surface area contributed by atoms with E-state index in [0.29, 0.717) is 41.7 Å². The van der Waals surface area contributed by atoms with Gasteiger partial charge in [0.05, 0.1) is 11.4 Å². The summed E-state index contributed by atoms with van der Waals surface area (Å²) in [4.78, 5) is 19.4. The first-order chi connectivity index (χ1) is 9.66. The van der Waals surface area contributed by atoms with Crippen LogP contribution in [-0.4, -0.2) is 34.3 Å². The number of carboxylic acids is 1. The standard InChI is InChI=1S/C14H12N2O4/c1-8-12(14(17)18)13(16-7-15-8)9-2-3-10-11(6-9)20-5-4-19-10/h2-3,6-7H,4-5H2,1H3,(H,17,18). The van der Waals surface area contributed by atoms with E-state index in [9.17, 15) is 9.90 Å². The predicted molar refractivity (Wildman–Crippen MR) is 70.2 cm³/mol. The molecule has 2 heterocycles. The van der Waals surface area contributed by atoms with Crippen molar-refractivity contribution in [3.63, 3.8) is 0 Å². The molecule has 0 amide bonds. The van der Waals surface area contributed by atoms with Gasteiger partial charge in [-0.25, -0.2) is 14.8 Å². The third-order valence-corrected chi connectivity index (χ3v) is 3.07. The molecule has 0 bridgehead atoms. The summed E-state index contributed by atoms with van der Waals surface area (Å²) in [7, 11) is 0. The van der Waals surface area contributed by atoms with Gasteiger partial charge in [-0.05, 0) is 25.1 Å². The van der Waals surface area contributed by atoms with Crippen LogP contribution >= 0.6 is 0 Å². The van der Waals surface area contributed by atoms with E-state index >= 15 is 0 Å². The maximum absolute atomic E-state index is 11.4. The van der Waals surface area contributed by atoms with E-state index in [0.717, 1.165) is 0 Å². The van der Waals surface area contributed by atoms with Crippen LogP contribution in [0.25, 0.3) is 11.3 Å². The fraction of sp³-hybridized carbons (Fsp3) is 0.214. The van der Waals surface area contributed by atoms with Crippen LogP contribution in [0.2, 0.25) is 0 Å². The number of aromatic carboxylic acids is 1. The second-order valence-corrected chi connectivity index (χ2v) is 4.35. The molecule has 0 fully saturated rings. The highest BCUT2D eigenvalue weighted by Crippen LogP contribution is 2.35. The molecule has 20 heavy (non-hydrogen) atoms. The number of ether oxygens (including phenoxy) is 2. The summed E-state index contributed by atoms with van der Waals surface area (Å²) < 4.78 is 10.9. The van der Waals surface area contributed by atoms with Crippen molar-refractivity contribution in [2.75, 3.05) is 13.2 Å². The van der Waals surface area contributed by atoms with Crippen molar-refractivity contribution in [1.82, 2.24) is 9.97 Å². The van der Waals surface area contributed by atoms with Gasteiger partial charge in [0, 0.05) is 5.56 Å². The van der Waals surface area contributed by atoms with Crippen molar-refractivity contribution in [3.05, 3.63) is 35.8 Å². The van der Waals surface area contributed by atoms with Crippen LogP contribution < -0.4 is 9.47 Å². The highest BCUT2D eigenvalue weighted by molar-refractivity contribution is 5.95. The summed E-state index contributed by atoms with van der Waals surface area (Å²) in [5.74, 6) is 0.206. The van der Waals surface area contributed by atoms with Crippen LogP contribution in [0.15, 0.2) is 24.5 Å². The van der Waals surface area contributed by atoms with Crippen molar-refractivity contribution < 1.29 is 19.4 Å². The quantitative estimate of drug-likeness (QED) is 0.899. The molecule has 6 nitrogen and oxygen atoms in total. The molecule has 1 aliphatic rings. The molecule has 0 aliphatic carbocycles. The van der Waals surface area contributed by atoms with Crippen LogP contribution in [0.1, 0.15) is 16.1 Å². The van der Waals surface area contributed by atoms with E-state index < -0.39 is 5.97 Å². The number of aryl methyl sites for hydroxylation is 1. The Labute approximate surface area is 115 Å². The fourth-order valence-electron chi connectivity index (χ4n) is 2.14. The number of rotatable bonds is 2. The van der Waals surface area contributed by atoms with Gasteiger partial charge in [-0.2, -0.15) is 0 Å². The normalized spacial score (nSPS) is 13.1. The molecule has 0 atom stereocenters. The minimum atomic E-state index is -1.05. The molecule has 3 rings (SSSR count). The lowest BCUT2D eigenvalue weighted by atomic mass is 10.0. The van der Waals surface area contributed by atoms with E-state index in [-0.39, 0.29) is 5.56 Å². The summed E-state index contributed by atoms with van der Waals surface area (Å²) >= 11 is 0. The Balaban J connectivity index is 2.14. The van der Waals surface area contributed by atoms with E-state index in [1.165, 1.54) is 6.33 Å². The number of nitrogens with zero attached hydrogens (tertiary/aromatic N) is 2. The van der Waals surface area contributed by atoms with Gasteiger partial charge in [-0.3, -0.25) is 0 Å². The molecule has 0 saturated heterocycles. The zero-order chi connectivity index (χ0) is 14.1. The monoisotopic (exact) mass is 272 g/mol. The molecule has 0 radical (unpaired) electrons. The summed E-state index contributed by atoms with van der Waals surface area (Å²) in [5.41, 5.74) is 1.57. The summed E-state index contributed by atoms with van der Waals surface area (Å²) in [6.45, 7) is 2.64. The molecular formula is C14H12N2O4. The van der Waals surface area contributed by atoms with Gasteiger partial charge in [-0.1, -0.05) is 0 Å². The van der Waals surface area contributed by atoms with E-state index in [1.54, 1.807) is 25.1 Å². The molecule has 0 saturated carbocycles. The van der Waals surface area contributed by atoms with Gasteiger partial charge in [-0.15, -0.1) is 0 Å². The number of fused-ring (bicyclic) bond motifs is 1. The van der Waals surface area contributed by atoms with Gasteiger partial charge in [0.2, 0.25) is 0 Å². The lowest BCUT2D eigenvalue weighted by Gasteiger charge is -2.19. The number of carbonyl (C=O) groups is 1. The van der Waals surface area contributed by atoms with Gasteiger partial charge in [0.25, 0.3) is 0 Å². The van der Waals surface area contributed by atoms with E-state index in [2.05, 4.69) is 9.97 Å². The molecule has 2 aromatic rings. The second-order valence-electron chi connectivity index (χ2n) is 4.35. The Morgan fingerprint density at radius 2 is 1.95 bits per heavy atom. The third kappa shape index (κ3) is 2.05. The fourth-order valence-corrected chi connectivity index (χ4v) is 2.14. The van der Waals surface area contributed by atoms with Crippen LogP contribution in [0.5, 0.6) is 11.5 Å². The molecular weight excluding hydrogens is 260 g/mol. The van der Waals surface area contributed by atoms with Crippen LogP contribution in [0.4, 0.5) is 0 Å².